The van der Waals surface area contributed by atoms with Crippen molar-refractivity contribution in [1.82, 2.24) is 0 Å². The molecule has 0 atom stereocenters. The van der Waals surface area contributed by atoms with Gasteiger partial charge in [0.15, 0.2) is 0 Å². The number of rotatable bonds is 4. The fraction of sp³-hybridized carbons (Fsp3) is 0.538. The van der Waals surface area contributed by atoms with E-state index in [1.165, 1.54) is 25.7 Å². The topological polar surface area (TPSA) is 26.0 Å². The van der Waals surface area contributed by atoms with Gasteiger partial charge in [0.2, 0.25) is 0 Å². The summed E-state index contributed by atoms with van der Waals surface area (Å²) in [4.78, 5) is 0. The van der Waals surface area contributed by atoms with E-state index < -0.39 is 0 Å². The van der Waals surface area contributed by atoms with Crippen LogP contribution in [0.4, 0.5) is 0 Å². The average Bonchev–Trinajstić information content (AvgIpc) is 2.28. The first-order valence-electron chi connectivity index (χ1n) is 5.50. The third-order valence-electron chi connectivity index (χ3n) is 1.95. The van der Waals surface area contributed by atoms with Crippen LogP contribution in [0.2, 0.25) is 0 Å². The van der Waals surface area contributed by atoms with Gasteiger partial charge in [-0.3, -0.25) is 0 Å². The van der Waals surface area contributed by atoms with E-state index in [1.54, 1.807) is 0 Å². The molecule has 1 aromatic carbocycles. The third-order valence-corrected chi connectivity index (χ3v) is 1.95. The fourth-order valence-electron chi connectivity index (χ4n) is 1.06. The minimum Gasteiger partial charge on any atom is -0.328 e. The van der Waals surface area contributed by atoms with E-state index in [2.05, 4.69) is 19.9 Å². The maximum atomic E-state index is 5.32. The zero-order valence-corrected chi connectivity index (χ0v) is 10.4. The van der Waals surface area contributed by atoms with Crippen molar-refractivity contribution in [2.45, 2.75) is 46.1 Å². The van der Waals surface area contributed by atoms with Crippen molar-refractivity contribution < 1.29 is 18.9 Å². The molecule has 0 unspecified atom stereocenters. The van der Waals surface area contributed by atoms with Crippen molar-refractivity contribution in [2.24, 2.45) is 5.73 Å². The van der Waals surface area contributed by atoms with Gasteiger partial charge in [-0.2, -0.15) is 30.3 Å². The molecule has 0 bridgehead atoms. The Bertz CT molecular complexity index is 195. The molecule has 0 fully saturated rings. The largest absolute Gasteiger partial charge is 1.00 e. The van der Waals surface area contributed by atoms with Crippen LogP contribution in [-0.4, -0.2) is 0 Å². The van der Waals surface area contributed by atoms with Gasteiger partial charge in [-0.15, -0.1) is 5.56 Å². The van der Waals surface area contributed by atoms with Gasteiger partial charge in [0.05, 0.1) is 0 Å². The summed E-state index contributed by atoms with van der Waals surface area (Å²) in [6.07, 6.45) is 5.54. The molecule has 0 heterocycles. The SMILES string of the molecule is CCCCCC.NCc1[c-]cccc1.[Li+]. The van der Waals surface area contributed by atoms with Crippen molar-refractivity contribution in [2.75, 3.05) is 0 Å². The normalized spacial score (nSPS) is 8.47. The number of hydrogen-bond donors (Lipinski definition) is 1. The molecule has 15 heavy (non-hydrogen) atoms. The average molecular weight is 199 g/mol. The van der Waals surface area contributed by atoms with Crippen molar-refractivity contribution in [3.05, 3.63) is 35.9 Å². The molecule has 2 heteroatoms. The first kappa shape index (κ1) is 17.2. The van der Waals surface area contributed by atoms with Crippen molar-refractivity contribution >= 4 is 0 Å². The van der Waals surface area contributed by atoms with Gasteiger partial charge in [-0.25, -0.2) is 0 Å². The van der Waals surface area contributed by atoms with Crippen LogP contribution in [0, 0.1) is 6.07 Å². The maximum Gasteiger partial charge on any atom is 1.00 e. The molecule has 0 aliphatic rings. The molecule has 1 aromatic rings. The van der Waals surface area contributed by atoms with Crippen LogP contribution in [0.15, 0.2) is 24.3 Å². The minimum absolute atomic E-state index is 0. The van der Waals surface area contributed by atoms with E-state index in [0.717, 1.165) is 5.56 Å². The van der Waals surface area contributed by atoms with Crippen molar-refractivity contribution in [3.8, 4) is 0 Å². The smallest absolute Gasteiger partial charge is 0.328 e. The Morgan fingerprint density at radius 3 is 2.00 bits per heavy atom. The molecule has 0 saturated heterocycles. The fourth-order valence-corrected chi connectivity index (χ4v) is 1.06. The van der Waals surface area contributed by atoms with Gasteiger partial charge >= 0.3 is 18.9 Å². The summed E-state index contributed by atoms with van der Waals surface area (Å²) in [6.45, 7) is 5.05. The van der Waals surface area contributed by atoms with Crippen LogP contribution in [-0.2, 0) is 6.54 Å². The first-order chi connectivity index (χ1) is 6.85. The summed E-state index contributed by atoms with van der Waals surface area (Å²) < 4.78 is 0. The summed E-state index contributed by atoms with van der Waals surface area (Å²) in [7, 11) is 0. The Labute approximate surface area is 107 Å². The number of unbranched alkanes of at least 4 members (excludes halogenated alkanes) is 3. The molecular formula is C13H22LiN. The molecule has 1 rings (SSSR count). The Kier molecular flexibility index (Phi) is 15.8. The van der Waals surface area contributed by atoms with Gasteiger partial charge in [0.25, 0.3) is 0 Å². The van der Waals surface area contributed by atoms with Crippen LogP contribution in [0.5, 0.6) is 0 Å². The minimum atomic E-state index is 0. The molecule has 1 nitrogen and oxygen atoms in total. The van der Waals surface area contributed by atoms with Crippen LogP contribution < -0.4 is 24.6 Å². The summed E-state index contributed by atoms with van der Waals surface area (Å²) in [5.41, 5.74) is 6.38. The van der Waals surface area contributed by atoms with Crippen LogP contribution in [0.3, 0.4) is 0 Å². The van der Waals surface area contributed by atoms with E-state index >= 15 is 0 Å². The van der Waals surface area contributed by atoms with E-state index in [-0.39, 0.29) is 18.9 Å². The second-order valence-electron chi connectivity index (χ2n) is 3.30. The predicted octanol–water partition coefficient (Wildman–Crippen LogP) is 0.536. The van der Waals surface area contributed by atoms with Crippen molar-refractivity contribution in [1.29, 1.82) is 0 Å². The van der Waals surface area contributed by atoms with Gasteiger partial charge < -0.3 is 5.73 Å². The Hall–Kier alpha value is -0.223. The quantitative estimate of drug-likeness (QED) is 0.427. The van der Waals surface area contributed by atoms with Crippen molar-refractivity contribution in [3.63, 3.8) is 0 Å². The van der Waals surface area contributed by atoms with Gasteiger partial charge in [-0.1, -0.05) is 39.5 Å². The second-order valence-corrected chi connectivity index (χ2v) is 3.30. The molecule has 0 amide bonds. The molecule has 2 N–H and O–H groups in total. The molecule has 0 aliphatic heterocycles. The maximum absolute atomic E-state index is 5.32. The molecular weight excluding hydrogens is 177 g/mol. The zero-order chi connectivity index (χ0) is 10.6. The number of nitrogens with two attached hydrogens (primary N) is 1. The van der Waals surface area contributed by atoms with Gasteiger partial charge in [0, 0.05) is 0 Å². The van der Waals surface area contributed by atoms with E-state index in [9.17, 15) is 0 Å². The van der Waals surface area contributed by atoms with E-state index in [1.807, 2.05) is 24.3 Å². The van der Waals surface area contributed by atoms with Crippen LogP contribution >= 0.6 is 0 Å². The summed E-state index contributed by atoms with van der Waals surface area (Å²) >= 11 is 0. The standard InChI is InChI=1S/C7H8N.C6H14.Li/c8-6-7-4-2-1-3-5-7;1-3-5-6-4-2;/h1-4H,6,8H2;3-6H2,1-2H3;/q-1;;+1. The van der Waals surface area contributed by atoms with Crippen LogP contribution in [0.1, 0.15) is 45.1 Å². The summed E-state index contributed by atoms with van der Waals surface area (Å²) in [5.74, 6) is 0. The zero-order valence-electron chi connectivity index (χ0n) is 10.4. The Morgan fingerprint density at radius 1 is 1.13 bits per heavy atom. The molecule has 0 aliphatic carbocycles. The molecule has 0 aromatic heterocycles. The molecule has 0 radical (unpaired) electrons. The number of benzene rings is 1. The first-order valence-corrected chi connectivity index (χ1v) is 5.50. The molecule has 0 spiro atoms. The number of hydrogen-bond acceptors (Lipinski definition) is 1. The monoisotopic (exact) mass is 199 g/mol. The predicted molar refractivity (Wildman–Crippen MR) is 63.0 cm³/mol. The van der Waals surface area contributed by atoms with E-state index in [4.69, 9.17) is 5.73 Å². The Morgan fingerprint density at radius 2 is 1.73 bits per heavy atom. The van der Waals surface area contributed by atoms with Crippen LogP contribution in [0.25, 0.3) is 0 Å². The van der Waals surface area contributed by atoms with E-state index in [0.29, 0.717) is 6.54 Å². The summed E-state index contributed by atoms with van der Waals surface area (Å²) in [6, 6.07) is 10.7. The molecule has 0 saturated carbocycles. The molecule has 80 valence electrons. The van der Waals surface area contributed by atoms with Gasteiger partial charge in [-0.05, 0) is 6.54 Å². The van der Waals surface area contributed by atoms with Gasteiger partial charge in [0.1, 0.15) is 0 Å². The summed E-state index contributed by atoms with van der Waals surface area (Å²) in [5, 5.41) is 0. The Balaban J connectivity index is 0. The third kappa shape index (κ3) is 11.7. The second kappa shape index (κ2) is 13.8.